The number of hydrogen-bond acceptors (Lipinski definition) is 2. The summed E-state index contributed by atoms with van der Waals surface area (Å²) in [5, 5.41) is 6.03. The maximum Gasteiger partial charge on any atom is 0.243 e. The van der Waals surface area contributed by atoms with Crippen LogP contribution in [0, 0.1) is 5.41 Å². The number of rotatable bonds is 3. The van der Waals surface area contributed by atoms with E-state index in [-0.39, 0.29) is 18.4 Å². The van der Waals surface area contributed by atoms with Gasteiger partial charge in [-0.1, -0.05) is 44.0 Å². The number of amides is 2. The van der Waals surface area contributed by atoms with Crippen molar-refractivity contribution in [1.29, 1.82) is 0 Å². The van der Waals surface area contributed by atoms with Gasteiger partial charge < -0.3 is 10.6 Å². The van der Waals surface area contributed by atoms with E-state index in [9.17, 15) is 9.59 Å². The molecule has 0 heterocycles. The zero-order valence-corrected chi connectivity index (χ0v) is 12.5. The van der Waals surface area contributed by atoms with Crippen LogP contribution in [0.4, 0.5) is 5.69 Å². The summed E-state index contributed by atoms with van der Waals surface area (Å²) in [6.45, 7) is 5.23. The molecule has 0 fully saturated rings. The molecule has 0 saturated carbocycles. The van der Waals surface area contributed by atoms with Gasteiger partial charge in [-0.05, 0) is 18.2 Å². The van der Waals surface area contributed by atoms with Crippen molar-refractivity contribution in [2.24, 2.45) is 5.41 Å². The SMILES string of the molecule is CC(C)(C)C(=O)NCC(=O)Nc1cc(Cl)cc(Cl)c1. The molecule has 2 N–H and O–H groups in total. The van der Waals surface area contributed by atoms with E-state index in [0.29, 0.717) is 15.7 Å². The van der Waals surface area contributed by atoms with Gasteiger partial charge in [-0.25, -0.2) is 0 Å². The average Bonchev–Trinajstić information content (AvgIpc) is 2.22. The number of carbonyl (C=O) groups excluding carboxylic acids is 2. The first-order chi connectivity index (χ1) is 8.68. The van der Waals surface area contributed by atoms with Crippen LogP contribution < -0.4 is 10.6 Å². The Morgan fingerprint density at radius 3 is 2.11 bits per heavy atom. The molecule has 0 aliphatic carbocycles. The summed E-state index contributed by atoms with van der Waals surface area (Å²) in [7, 11) is 0. The van der Waals surface area contributed by atoms with Gasteiger partial charge in [0.25, 0.3) is 0 Å². The lowest BCUT2D eigenvalue weighted by Crippen LogP contribution is -2.39. The summed E-state index contributed by atoms with van der Waals surface area (Å²) in [6.07, 6.45) is 0. The lowest BCUT2D eigenvalue weighted by Gasteiger charge is -2.17. The molecule has 0 spiro atoms. The van der Waals surface area contributed by atoms with E-state index in [1.807, 2.05) is 0 Å². The molecule has 0 radical (unpaired) electrons. The first kappa shape index (κ1) is 15.8. The fraction of sp³-hybridized carbons (Fsp3) is 0.385. The van der Waals surface area contributed by atoms with Gasteiger partial charge in [-0.15, -0.1) is 0 Å². The molecule has 1 rings (SSSR count). The molecule has 0 saturated heterocycles. The van der Waals surface area contributed by atoms with Gasteiger partial charge in [-0.2, -0.15) is 0 Å². The second kappa shape index (κ2) is 6.26. The standard InChI is InChI=1S/C13H16Cl2N2O2/c1-13(2,3)12(19)16-7-11(18)17-10-5-8(14)4-9(15)6-10/h4-6H,7H2,1-3H3,(H,16,19)(H,17,18). The maximum absolute atomic E-state index is 11.7. The molecule has 0 aromatic heterocycles. The van der Waals surface area contributed by atoms with E-state index in [1.54, 1.807) is 39.0 Å². The first-order valence-electron chi connectivity index (χ1n) is 5.73. The van der Waals surface area contributed by atoms with Gasteiger partial charge in [0.15, 0.2) is 0 Å². The van der Waals surface area contributed by atoms with Gasteiger partial charge in [0, 0.05) is 21.1 Å². The molecule has 1 aromatic carbocycles. The fourth-order valence-corrected chi connectivity index (χ4v) is 1.78. The van der Waals surface area contributed by atoms with Crippen LogP contribution in [0.5, 0.6) is 0 Å². The summed E-state index contributed by atoms with van der Waals surface area (Å²) >= 11 is 11.6. The molecule has 104 valence electrons. The number of carbonyl (C=O) groups is 2. The first-order valence-corrected chi connectivity index (χ1v) is 6.48. The van der Waals surface area contributed by atoms with Crippen molar-refractivity contribution < 1.29 is 9.59 Å². The lowest BCUT2D eigenvalue weighted by molar-refractivity contribution is -0.130. The highest BCUT2D eigenvalue weighted by atomic mass is 35.5. The van der Waals surface area contributed by atoms with Gasteiger partial charge in [-0.3, -0.25) is 9.59 Å². The Hall–Kier alpha value is -1.26. The lowest BCUT2D eigenvalue weighted by atomic mass is 9.96. The van der Waals surface area contributed by atoms with Crippen molar-refractivity contribution in [1.82, 2.24) is 5.32 Å². The quantitative estimate of drug-likeness (QED) is 0.901. The Labute approximate surface area is 122 Å². The van der Waals surface area contributed by atoms with E-state index < -0.39 is 5.41 Å². The van der Waals surface area contributed by atoms with Crippen LogP contribution in [0.15, 0.2) is 18.2 Å². The monoisotopic (exact) mass is 302 g/mol. The van der Waals surface area contributed by atoms with Crippen LogP contribution in [0.1, 0.15) is 20.8 Å². The van der Waals surface area contributed by atoms with Crippen LogP contribution in [-0.4, -0.2) is 18.4 Å². The molecule has 2 amide bonds. The van der Waals surface area contributed by atoms with E-state index in [1.165, 1.54) is 0 Å². The van der Waals surface area contributed by atoms with Crippen molar-refractivity contribution >= 4 is 40.7 Å². The number of benzene rings is 1. The molecule has 0 atom stereocenters. The molecule has 1 aromatic rings. The third-order valence-corrected chi connectivity index (χ3v) is 2.67. The van der Waals surface area contributed by atoms with Gasteiger partial charge in [0.2, 0.25) is 11.8 Å². The zero-order valence-electron chi connectivity index (χ0n) is 11.0. The molecule has 0 aliphatic heterocycles. The second-order valence-electron chi connectivity index (χ2n) is 5.14. The Morgan fingerprint density at radius 2 is 1.63 bits per heavy atom. The summed E-state index contributed by atoms with van der Waals surface area (Å²) in [5.74, 6) is -0.525. The smallest absolute Gasteiger partial charge is 0.243 e. The van der Waals surface area contributed by atoms with E-state index in [4.69, 9.17) is 23.2 Å². The Kier molecular flexibility index (Phi) is 5.20. The van der Waals surface area contributed by atoms with Crippen molar-refractivity contribution in [2.45, 2.75) is 20.8 Å². The number of anilines is 1. The summed E-state index contributed by atoms with van der Waals surface area (Å²) in [5.41, 5.74) is -0.0351. The molecule has 19 heavy (non-hydrogen) atoms. The topological polar surface area (TPSA) is 58.2 Å². The van der Waals surface area contributed by atoms with Crippen molar-refractivity contribution in [3.05, 3.63) is 28.2 Å². The van der Waals surface area contributed by atoms with Crippen molar-refractivity contribution in [2.75, 3.05) is 11.9 Å². The third kappa shape index (κ3) is 5.49. The third-order valence-electron chi connectivity index (χ3n) is 2.24. The summed E-state index contributed by atoms with van der Waals surface area (Å²) in [4.78, 5) is 23.3. The van der Waals surface area contributed by atoms with E-state index >= 15 is 0 Å². The normalized spacial score (nSPS) is 11.0. The molecular weight excluding hydrogens is 287 g/mol. The van der Waals surface area contributed by atoms with Crippen molar-refractivity contribution in [3.63, 3.8) is 0 Å². The highest BCUT2D eigenvalue weighted by molar-refractivity contribution is 6.35. The molecule has 6 heteroatoms. The van der Waals surface area contributed by atoms with Crippen LogP contribution in [0.2, 0.25) is 10.0 Å². The largest absolute Gasteiger partial charge is 0.347 e. The minimum Gasteiger partial charge on any atom is -0.347 e. The van der Waals surface area contributed by atoms with E-state index in [0.717, 1.165) is 0 Å². The molecule has 0 bridgehead atoms. The highest BCUT2D eigenvalue weighted by Gasteiger charge is 2.21. The Morgan fingerprint density at radius 1 is 1.11 bits per heavy atom. The summed E-state index contributed by atoms with van der Waals surface area (Å²) < 4.78 is 0. The average molecular weight is 303 g/mol. The van der Waals surface area contributed by atoms with E-state index in [2.05, 4.69) is 10.6 Å². The van der Waals surface area contributed by atoms with Crippen molar-refractivity contribution in [3.8, 4) is 0 Å². The molecular formula is C13H16Cl2N2O2. The van der Waals surface area contributed by atoms with Crippen LogP contribution >= 0.6 is 23.2 Å². The molecule has 0 unspecified atom stereocenters. The number of nitrogens with one attached hydrogen (secondary N) is 2. The van der Waals surface area contributed by atoms with Crippen LogP contribution in [0.3, 0.4) is 0 Å². The summed E-state index contributed by atoms with van der Waals surface area (Å²) in [6, 6.07) is 4.73. The Balaban J connectivity index is 2.54. The zero-order chi connectivity index (χ0) is 14.6. The molecule has 0 aliphatic rings. The van der Waals surface area contributed by atoms with Gasteiger partial charge in [0.05, 0.1) is 6.54 Å². The predicted molar refractivity (Wildman–Crippen MR) is 77.6 cm³/mol. The molecule has 4 nitrogen and oxygen atoms in total. The second-order valence-corrected chi connectivity index (χ2v) is 6.01. The Bertz CT molecular complexity index is 476. The number of halogens is 2. The predicted octanol–water partition coefficient (Wildman–Crippen LogP) is 3.09. The van der Waals surface area contributed by atoms with Gasteiger partial charge in [0.1, 0.15) is 0 Å². The van der Waals surface area contributed by atoms with Crippen LogP contribution in [-0.2, 0) is 9.59 Å². The minimum absolute atomic E-state index is 0.0970. The highest BCUT2D eigenvalue weighted by Crippen LogP contribution is 2.22. The maximum atomic E-state index is 11.7. The van der Waals surface area contributed by atoms with Gasteiger partial charge >= 0.3 is 0 Å². The fourth-order valence-electron chi connectivity index (χ4n) is 1.26. The minimum atomic E-state index is -0.528. The van der Waals surface area contributed by atoms with Crippen LogP contribution in [0.25, 0.3) is 0 Å². The number of hydrogen-bond donors (Lipinski definition) is 2.